The number of nitrogens with two attached hydrogens (primary N) is 1. The van der Waals surface area contributed by atoms with Crippen molar-refractivity contribution in [1.82, 2.24) is 5.32 Å². The molecule has 0 aliphatic rings. The number of rotatable bonds is 4. The lowest BCUT2D eigenvalue weighted by Gasteiger charge is -2.19. The molecule has 0 aromatic heterocycles. The zero-order valence-electron chi connectivity index (χ0n) is 10.5. The average molecular weight is 238 g/mol. The van der Waals surface area contributed by atoms with Gasteiger partial charge in [-0.05, 0) is 44.0 Å². The van der Waals surface area contributed by atoms with Crippen molar-refractivity contribution in [3.63, 3.8) is 0 Å². The van der Waals surface area contributed by atoms with Gasteiger partial charge in [-0.3, -0.25) is 4.79 Å². The zero-order valence-corrected chi connectivity index (χ0v) is 10.5. The molecule has 2 unspecified atom stereocenters. The van der Waals surface area contributed by atoms with Gasteiger partial charge in [0.05, 0.1) is 5.56 Å². The Labute approximate surface area is 101 Å². The highest BCUT2D eigenvalue weighted by molar-refractivity contribution is 5.94. The van der Waals surface area contributed by atoms with E-state index in [4.69, 9.17) is 5.73 Å². The fraction of sp³-hybridized carbons (Fsp3) is 0.462. The van der Waals surface area contributed by atoms with Gasteiger partial charge in [0.2, 0.25) is 0 Å². The summed E-state index contributed by atoms with van der Waals surface area (Å²) in [5, 5.41) is 2.75. The number of carbonyl (C=O) groups is 1. The smallest absolute Gasteiger partial charge is 0.254 e. The summed E-state index contributed by atoms with van der Waals surface area (Å²) in [7, 11) is 0. The first-order chi connectivity index (χ1) is 7.95. The predicted octanol–water partition coefficient (Wildman–Crippen LogP) is 1.85. The van der Waals surface area contributed by atoms with E-state index in [0.29, 0.717) is 6.54 Å². The number of hydrogen-bond donors (Lipinski definition) is 2. The van der Waals surface area contributed by atoms with Crippen LogP contribution in [0, 0.1) is 18.7 Å². The third-order valence-corrected chi connectivity index (χ3v) is 2.95. The first kappa shape index (κ1) is 13.6. The molecule has 0 radical (unpaired) electrons. The van der Waals surface area contributed by atoms with Crippen LogP contribution in [-0.4, -0.2) is 18.5 Å². The lowest BCUT2D eigenvalue weighted by molar-refractivity contribution is 0.0925. The Bertz CT molecular complexity index is 406. The minimum absolute atomic E-state index is 0.0756. The van der Waals surface area contributed by atoms with Crippen LogP contribution in [0.15, 0.2) is 18.2 Å². The summed E-state index contributed by atoms with van der Waals surface area (Å²) in [5.74, 6) is -0.724. The molecule has 0 bridgehead atoms. The number of halogens is 1. The van der Waals surface area contributed by atoms with E-state index in [-0.39, 0.29) is 17.5 Å². The number of hydrogen-bond acceptors (Lipinski definition) is 2. The largest absolute Gasteiger partial charge is 0.349 e. The highest BCUT2D eigenvalue weighted by atomic mass is 19.1. The van der Waals surface area contributed by atoms with Crippen molar-refractivity contribution in [1.29, 1.82) is 0 Å². The molecule has 0 saturated carbocycles. The molecule has 3 nitrogen and oxygen atoms in total. The predicted molar refractivity (Wildman–Crippen MR) is 66.3 cm³/mol. The average Bonchev–Trinajstić information content (AvgIpc) is 2.27. The van der Waals surface area contributed by atoms with E-state index in [2.05, 4.69) is 5.32 Å². The second-order valence-electron chi connectivity index (χ2n) is 4.46. The molecule has 1 amide bonds. The van der Waals surface area contributed by atoms with Crippen LogP contribution < -0.4 is 11.1 Å². The minimum Gasteiger partial charge on any atom is -0.349 e. The van der Waals surface area contributed by atoms with Gasteiger partial charge in [0.25, 0.3) is 5.91 Å². The Balaban J connectivity index is 2.76. The van der Waals surface area contributed by atoms with E-state index in [9.17, 15) is 9.18 Å². The maximum atomic E-state index is 13.5. The number of aryl methyl sites for hydroxylation is 1. The van der Waals surface area contributed by atoms with Gasteiger partial charge in [-0.2, -0.15) is 0 Å². The van der Waals surface area contributed by atoms with Crippen molar-refractivity contribution in [2.75, 3.05) is 6.54 Å². The lowest BCUT2D eigenvalue weighted by Crippen LogP contribution is -2.40. The van der Waals surface area contributed by atoms with Crippen LogP contribution in [-0.2, 0) is 0 Å². The van der Waals surface area contributed by atoms with Gasteiger partial charge in [0.1, 0.15) is 5.82 Å². The van der Waals surface area contributed by atoms with Crippen LogP contribution in [0.1, 0.15) is 29.8 Å². The molecule has 1 rings (SSSR count). The van der Waals surface area contributed by atoms with E-state index in [1.54, 1.807) is 13.0 Å². The van der Waals surface area contributed by atoms with Gasteiger partial charge in [-0.15, -0.1) is 0 Å². The molecule has 3 N–H and O–H groups in total. The van der Waals surface area contributed by atoms with Gasteiger partial charge >= 0.3 is 0 Å². The van der Waals surface area contributed by atoms with Crippen LogP contribution in [0.25, 0.3) is 0 Å². The zero-order chi connectivity index (χ0) is 13.0. The molecular weight excluding hydrogens is 219 g/mol. The highest BCUT2D eigenvalue weighted by Gasteiger charge is 2.17. The summed E-state index contributed by atoms with van der Waals surface area (Å²) in [6.45, 7) is 6.07. The Kier molecular flexibility index (Phi) is 4.63. The van der Waals surface area contributed by atoms with E-state index >= 15 is 0 Å². The molecule has 0 aliphatic heterocycles. The van der Waals surface area contributed by atoms with E-state index in [0.717, 1.165) is 5.56 Å². The summed E-state index contributed by atoms with van der Waals surface area (Å²) in [5.41, 5.74) is 6.38. The molecule has 1 aromatic carbocycles. The Morgan fingerprint density at radius 1 is 1.47 bits per heavy atom. The highest BCUT2D eigenvalue weighted by Crippen LogP contribution is 2.10. The molecule has 2 atom stereocenters. The molecular formula is C13H19FN2O. The lowest BCUT2D eigenvalue weighted by atomic mass is 10.0. The Hall–Kier alpha value is -1.42. The molecule has 0 fully saturated rings. The van der Waals surface area contributed by atoms with Gasteiger partial charge in [0, 0.05) is 6.04 Å². The van der Waals surface area contributed by atoms with Crippen molar-refractivity contribution >= 4 is 5.91 Å². The molecule has 0 heterocycles. The van der Waals surface area contributed by atoms with Crippen molar-refractivity contribution in [3.05, 3.63) is 35.1 Å². The van der Waals surface area contributed by atoms with Crippen molar-refractivity contribution in [3.8, 4) is 0 Å². The molecule has 94 valence electrons. The van der Waals surface area contributed by atoms with Gasteiger partial charge in [-0.1, -0.05) is 13.0 Å². The van der Waals surface area contributed by atoms with Gasteiger partial charge in [0.15, 0.2) is 0 Å². The molecule has 4 heteroatoms. The first-order valence-corrected chi connectivity index (χ1v) is 5.72. The van der Waals surface area contributed by atoms with E-state index in [1.165, 1.54) is 12.1 Å². The minimum atomic E-state index is -0.491. The quantitative estimate of drug-likeness (QED) is 0.841. The summed E-state index contributed by atoms with van der Waals surface area (Å²) >= 11 is 0. The van der Waals surface area contributed by atoms with Crippen LogP contribution in [0.5, 0.6) is 0 Å². The monoisotopic (exact) mass is 238 g/mol. The second-order valence-corrected chi connectivity index (χ2v) is 4.46. The number of nitrogens with one attached hydrogen (secondary N) is 1. The van der Waals surface area contributed by atoms with Crippen LogP contribution in [0.3, 0.4) is 0 Å². The summed E-state index contributed by atoms with van der Waals surface area (Å²) in [4.78, 5) is 11.8. The van der Waals surface area contributed by atoms with E-state index in [1.807, 2.05) is 13.8 Å². The molecule has 0 aliphatic carbocycles. The normalized spacial score (nSPS) is 14.2. The first-order valence-electron chi connectivity index (χ1n) is 5.72. The van der Waals surface area contributed by atoms with Crippen LogP contribution in [0.4, 0.5) is 4.39 Å². The number of amides is 1. The summed E-state index contributed by atoms with van der Waals surface area (Å²) in [6, 6.07) is 4.49. The van der Waals surface area contributed by atoms with Crippen LogP contribution in [0.2, 0.25) is 0 Å². The fourth-order valence-corrected chi connectivity index (χ4v) is 1.44. The summed E-state index contributed by atoms with van der Waals surface area (Å²) < 4.78 is 13.5. The van der Waals surface area contributed by atoms with Gasteiger partial charge < -0.3 is 11.1 Å². The van der Waals surface area contributed by atoms with Crippen molar-refractivity contribution in [2.45, 2.75) is 26.8 Å². The Morgan fingerprint density at radius 2 is 2.12 bits per heavy atom. The van der Waals surface area contributed by atoms with Crippen molar-refractivity contribution in [2.24, 2.45) is 11.7 Å². The third-order valence-electron chi connectivity index (χ3n) is 2.95. The maximum Gasteiger partial charge on any atom is 0.254 e. The topological polar surface area (TPSA) is 55.1 Å². The fourth-order valence-electron chi connectivity index (χ4n) is 1.44. The molecule has 0 spiro atoms. The SMILES string of the molecule is Cc1ccc(C(=O)NC(C)C(C)CN)c(F)c1. The molecule has 17 heavy (non-hydrogen) atoms. The Morgan fingerprint density at radius 3 is 2.65 bits per heavy atom. The molecule has 0 saturated heterocycles. The number of carbonyl (C=O) groups excluding carboxylic acids is 1. The van der Waals surface area contributed by atoms with E-state index < -0.39 is 11.7 Å². The molecule has 1 aromatic rings. The standard InChI is InChI=1S/C13H19FN2O/c1-8-4-5-11(12(14)6-8)13(17)16-10(3)9(2)7-15/h4-6,9-10H,7,15H2,1-3H3,(H,16,17). The van der Waals surface area contributed by atoms with Crippen molar-refractivity contribution < 1.29 is 9.18 Å². The third kappa shape index (κ3) is 3.53. The van der Waals surface area contributed by atoms with Crippen LogP contribution >= 0.6 is 0 Å². The maximum absolute atomic E-state index is 13.5. The summed E-state index contributed by atoms with van der Waals surface area (Å²) in [6.07, 6.45) is 0. The van der Waals surface area contributed by atoms with Gasteiger partial charge in [-0.25, -0.2) is 4.39 Å². The second kappa shape index (κ2) is 5.77. The number of benzene rings is 1.